The predicted molar refractivity (Wildman–Crippen MR) is 174 cm³/mol. The molecule has 3 atom stereocenters. The van der Waals surface area contributed by atoms with Gasteiger partial charge >= 0.3 is 0 Å². The number of phenols is 1. The van der Waals surface area contributed by atoms with Gasteiger partial charge in [0, 0.05) is 30.5 Å². The van der Waals surface area contributed by atoms with E-state index in [9.17, 15) is 9.90 Å². The number of aromatic hydroxyl groups is 1. The second kappa shape index (κ2) is 11.4. The molecule has 0 aliphatic heterocycles. The zero-order valence-corrected chi connectivity index (χ0v) is 25.3. The molecule has 4 nitrogen and oxygen atoms in total. The number of anilines is 1. The van der Waals surface area contributed by atoms with Crippen molar-refractivity contribution in [2.24, 2.45) is 11.3 Å². The Hall–Kier alpha value is -3.96. The van der Waals surface area contributed by atoms with Gasteiger partial charge in [-0.3, -0.25) is 4.79 Å². The van der Waals surface area contributed by atoms with Gasteiger partial charge in [0.2, 0.25) is 0 Å². The standard InChI is InChI=1S/C19H17NOS.C18H20O2/c1-14-6-5-9-17(12-14)20(2)19(22)21-18-11-10-15-7-3-4-8-16(15)13-18;1-18-9-8-14-13-5-3-12(19)10-11(13)2-4-15(14)16(18)6-7-17(18)20/h3-13H,1-2H3;3-5,10,14,16,19H,2,6-9H2,1H3. The van der Waals surface area contributed by atoms with Crippen LogP contribution in [0.2, 0.25) is 0 Å². The Morgan fingerprint density at radius 3 is 2.60 bits per heavy atom. The number of carbonyl (C=O) groups is 1. The van der Waals surface area contributed by atoms with Gasteiger partial charge in [0.1, 0.15) is 17.3 Å². The number of aryl methyl sites for hydroxylation is 1. The number of ketones is 1. The van der Waals surface area contributed by atoms with E-state index in [0.29, 0.717) is 28.5 Å². The molecule has 4 aromatic carbocycles. The summed E-state index contributed by atoms with van der Waals surface area (Å²) in [5.41, 5.74) is 6.25. The van der Waals surface area contributed by atoms with Crippen LogP contribution < -0.4 is 9.64 Å². The van der Waals surface area contributed by atoms with Crippen molar-refractivity contribution in [2.45, 2.75) is 51.9 Å². The molecule has 0 amide bonds. The normalized spacial score (nSPS) is 22.2. The van der Waals surface area contributed by atoms with Gasteiger partial charge in [-0.1, -0.05) is 67.1 Å². The molecule has 4 aromatic rings. The highest BCUT2D eigenvalue weighted by Gasteiger charge is 2.52. The van der Waals surface area contributed by atoms with Crippen molar-refractivity contribution in [3.05, 3.63) is 113 Å². The van der Waals surface area contributed by atoms with Crippen LogP contribution in [0.1, 0.15) is 55.2 Å². The lowest BCUT2D eigenvalue weighted by molar-refractivity contribution is -0.126. The van der Waals surface area contributed by atoms with E-state index in [-0.39, 0.29) is 5.41 Å². The molecule has 1 N–H and O–H groups in total. The number of fused-ring (bicyclic) bond motifs is 6. The highest BCUT2D eigenvalue weighted by Crippen LogP contribution is 2.57. The first-order valence-corrected chi connectivity index (χ1v) is 15.2. The first-order valence-electron chi connectivity index (χ1n) is 14.8. The topological polar surface area (TPSA) is 49.8 Å². The van der Waals surface area contributed by atoms with Crippen LogP contribution in [-0.2, 0) is 11.2 Å². The van der Waals surface area contributed by atoms with Gasteiger partial charge < -0.3 is 14.7 Å². The van der Waals surface area contributed by atoms with Crippen molar-refractivity contribution in [1.29, 1.82) is 0 Å². The first kappa shape index (κ1) is 28.2. The third-order valence-electron chi connectivity index (χ3n) is 9.47. The van der Waals surface area contributed by atoms with Crippen molar-refractivity contribution < 1.29 is 14.6 Å². The molecule has 2 fully saturated rings. The van der Waals surface area contributed by atoms with Crippen molar-refractivity contribution in [3.8, 4) is 11.5 Å². The summed E-state index contributed by atoms with van der Waals surface area (Å²) in [5, 5.41) is 12.4. The van der Waals surface area contributed by atoms with Crippen LogP contribution in [0.5, 0.6) is 11.5 Å². The number of hydrogen-bond acceptors (Lipinski definition) is 4. The number of carbonyl (C=O) groups excluding carboxylic acids is 1. The lowest BCUT2D eigenvalue weighted by Crippen LogP contribution is -2.37. The van der Waals surface area contributed by atoms with E-state index >= 15 is 0 Å². The van der Waals surface area contributed by atoms with Crippen molar-refractivity contribution in [1.82, 2.24) is 0 Å². The summed E-state index contributed by atoms with van der Waals surface area (Å²) in [6, 6.07) is 28.1. The van der Waals surface area contributed by atoms with Gasteiger partial charge in [-0.05, 0) is 115 Å². The molecule has 7 rings (SSSR count). The summed E-state index contributed by atoms with van der Waals surface area (Å²) in [4.78, 5) is 14.1. The molecule has 214 valence electrons. The van der Waals surface area contributed by atoms with E-state index in [0.717, 1.165) is 48.9 Å². The van der Waals surface area contributed by atoms with E-state index in [4.69, 9.17) is 17.0 Å². The monoisotopic (exact) mass is 575 g/mol. The molecule has 0 bridgehead atoms. The van der Waals surface area contributed by atoms with E-state index in [1.165, 1.54) is 27.6 Å². The van der Waals surface area contributed by atoms with Gasteiger partial charge in [-0.25, -0.2) is 0 Å². The molecule has 42 heavy (non-hydrogen) atoms. The molecule has 3 aliphatic carbocycles. The number of thiocarbonyl (C=S) groups is 1. The van der Waals surface area contributed by atoms with Crippen molar-refractivity contribution in [2.75, 3.05) is 11.9 Å². The van der Waals surface area contributed by atoms with E-state index in [2.05, 4.69) is 50.3 Å². The quantitative estimate of drug-likeness (QED) is 0.191. The number of ether oxygens (including phenoxy) is 1. The molecule has 0 saturated heterocycles. The Bertz CT molecular complexity index is 1710. The summed E-state index contributed by atoms with van der Waals surface area (Å²) in [6.07, 6.45) is 7.11. The van der Waals surface area contributed by atoms with Crippen molar-refractivity contribution >= 4 is 39.6 Å². The molecule has 0 spiro atoms. The van der Waals surface area contributed by atoms with E-state index in [1.807, 2.05) is 60.5 Å². The number of nitrogens with zero attached hydrogens (tertiary/aromatic N) is 1. The minimum Gasteiger partial charge on any atom is -0.508 e. The van der Waals surface area contributed by atoms with Gasteiger partial charge in [-0.2, -0.15) is 0 Å². The summed E-state index contributed by atoms with van der Waals surface area (Å²) < 4.78 is 5.84. The van der Waals surface area contributed by atoms with Crippen LogP contribution in [0, 0.1) is 18.3 Å². The number of hydrogen-bond donors (Lipinski definition) is 1. The third kappa shape index (κ3) is 5.34. The van der Waals surface area contributed by atoms with Crippen LogP contribution >= 0.6 is 12.2 Å². The van der Waals surface area contributed by atoms with Gasteiger partial charge in [-0.15, -0.1) is 0 Å². The average Bonchev–Trinajstić information content (AvgIpc) is 3.30. The summed E-state index contributed by atoms with van der Waals surface area (Å²) >= 11 is 5.41. The maximum absolute atomic E-state index is 12.2. The fourth-order valence-corrected chi connectivity index (χ4v) is 7.28. The van der Waals surface area contributed by atoms with Crippen LogP contribution in [-0.4, -0.2) is 23.1 Å². The second-order valence-corrected chi connectivity index (χ2v) is 12.4. The Labute approximate surface area is 253 Å². The summed E-state index contributed by atoms with van der Waals surface area (Å²) in [7, 11) is 1.91. The molecular weight excluding hydrogens is 538 g/mol. The Balaban J connectivity index is 0.000000151. The molecule has 5 heteroatoms. The number of Topliss-reactive ketones (excluding diaryl/α,β-unsaturated/α-hetero) is 1. The first-order chi connectivity index (χ1) is 20.2. The van der Waals surface area contributed by atoms with Gasteiger partial charge in [0.05, 0.1) is 0 Å². The number of rotatable bonds is 2. The van der Waals surface area contributed by atoms with Gasteiger partial charge in [0.25, 0.3) is 5.17 Å². The minimum absolute atomic E-state index is 0.100. The highest BCUT2D eigenvalue weighted by molar-refractivity contribution is 7.80. The SMILES string of the molecule is CC12CCC3C(=CCc4cc(O)ccc43)C1CCC2=O.Cc1cccc(N(C)C(=S)Oc2ccc3ccccc3c2)c1. The summed E-state index contributed by atoms with van der Waals surface area (Å²) in [6.45, 7) is 4.24. The molecule has 0 radical (unpaired) electrons. The Morgan fingerprint density at radius 1 is 0.976 bits per heavy atom. The van der Waals surface area contributed by atoms with E-state index in [1.54, 1.807) is 6.07 Å². The van der Waals surface area contributed by atoms with Crippen LogP contribution in [0.3, 0.4) is 0 Å². The van der Waals surface area contributed by atoms with Crippen LogP contribution in [0.25, 0.3) is 10.8 Å². The Kier molecular flexibility index (Phi) is 7.63. The maximum atomic E-state index is 12.2. The molecule has 0 heterocycles. The fourth-order valence-electron chi connectivity index (χ4n) is 7.07. The number of benzene rings is 4. The second-order valence-electron chi connectivity index (χ2n) is 12.1. The molecule has 2 saturated carbocycles. The zero-order chi connectivity index (χ0) is 29.4. The van der Waals surface area contributed by atoms with Crippen LogP contribution in [0.4, 0.5) is 5.69 Å². The molecular formula is C37H37NO3S. The maximum Gasteiger partial charge on any atom is 0.269 e. The zero-order valence-electron chi connectivity index (χ0n) is 24.5. The number of allylic oxidation sites excluding steroid dienone is 2. The molecule has 0 aromatic heterocycles. The largest absolute Gasteiger partial charge is 0.508 e. The lowest BCUT2D eigenvalue weighted by atomic mass is 9.60. The fraction of sp³-hybridized carbons (Fsp3) is 0.297. The van der Waals surface area contributed by atoms with Gasteiger partial charge in [0.15, 0.2) is 0 Å². The highest BCUT2D eigenvalue weighted by atomic mass is 32.1. The average molecular weight is 576 g/mol. The lowest BCUT2D eigenvalue weighted by Gasteiger charge is -2.43. The molecule has 3 unspecified atom stereocenters. The smallest absolute Gasteiger partial charge is 0.269 e. The predicted octanol–water partition coefficient (Wildman–Crippen LogP) is 8.69. The third-order valence-corrected chi connectivity index (χ3v) is 9.83. The minimum atomic E-state index is -0.100. The Morgan fingerprint density at radius 2 is 1.79 bits per heavy atom. The van der Waals surface area contributed by atoms with Crippen molar-refractivity contribution in [3.63, 3.8) is 0 Å². The summed E-state index contributed by atoms with van der Waals surface area (Å²) in [5.74, 6) is 2.51. The molecule has 3 aliphatic rings. The number of phenolic OH excluding ortho intramolecular Hbond substituents is 1. The van der Waals surface area contributed by atoms with Crippen LogP contribution in [0.15, 0.2) is 96.6 Å². The van der Waals surface area contributed by atoms with E-state index < -0.39 is 0 Å².